The first kappa shape index (κ1) is 24.4. The Morgan fingerprint density at radius 2 is 1.48 bits per heavy atom. The summed E-state index contributed by atoms with van der Waals surface area (Å²) in [6.07, 6.45) is -0.761. The van der Waals surface area contributed by atoms with Gasteiger partial charge in [-0.25, -0.2) is 4.79 Å². The first-order valence-electron chi connectivity index (χ1n) is 10.4. The van der Waals surface area contributed by atoms with Crippen LogP contribution in [0.1, 0.15) is 31.9 Å². The minimum absolute atomic E-state index is 0.0771. The molecule has 2 amide bonds. The normalized spacial score (nSPS) is 14.3. The fourth-order valence-corrected chi connectivity index (χ4v) is 3.14. The molecule has 2 aromatic carbocycles. The molecule has 31 heavy (non-hydrogen) atoms. The average Bonchev–Trinajstić information content (AvgIpc) is 2.70. The lowest BCUT2D eigenvalue weighted by atomic mass is 10.00. The summed E-state index contributed by atoms with van der Waals surface area (Å²) in [5, 5.41) is 16.6. The number of hydrogen-bond donors (Lipinski definition) is 4. The lowest BCUT2D eigenvalue weighted by Crippen LogP contribution is -2.53. The Morgan fingerprint density at radius 1 is 0.968 bits per heavy atom. The summed E-state index contributed by atoms with van der Waals surface area (Å²) in [5.74, 6) is -0.504. The van der Waals surface area contributed by atoms with E-state index in [2.05, 4.69) is 10.6 Å². The molecule has 0 fully saturated rings. The zero-order chi connectivity index (χ0) is 22.9. The van der Waals surface area contributed by atoms with Crippen molar-refractivity contribution in [1.29, 1.82) is 0 Å². The molecular weight excluding hydrogens is 394 g/mol. The van der Waals surface area contributed by atoms with Gasteiger partial charge in [-0.3, -0.25) is 4.79 Å². The molecule has 0 radical (unpaired) electrons. The van der Waals surface area contributed by atoms with Gasteiger partial charge >= 0.3 is 6.09 Å². The van der Waals surface area contributed by atoms with Crippen molar-refractivity contribution in [3.05, 3.63) is 71.8 Å². The predicted molar refractivity (Wildman–Crippen MR) is 120 cm³/mol. The molecule has 0 bridgehead atoms. The molecular formula is C24H33N3O4. The highest BCUT2D eigenvalue weighted by Crippen LogP contribution is 2.11. The Labute approximate surface area is 184 Å². The van der Waals surface area contributed by atoms with Crippen molar-refractivity contribution in [1.82, 2.24) is 10.6 Å². The van der Waals surface area contributed by atoms with Crippen LogP contribution in [0.3, 0.4) is 0 Å². The number of nitrogens with one attached hydrogen (secondary N) is 2. The van der Waals surface area contributed by atoms with Crippen LogP contribution in [0.5, 0.6) is 0 Å². The summed E-state index contributed by atoms with van der Waals surface area (Å²) in [4.78, 5) is 24.2. The number of carbonyl (C=O) groups excluding carboxylic acids is 2. The van der Waals surface area contributed by atoms with Gasteiger partial charge in [-0.15, -0.1) is 0 Å². The van der Waals surface area contributed by atoms with Crippen LogP contribution >= 0.6 is 0 Å². The molecule has 0 aromatic heterocycles. The number of alkyl carbamates (subject to hydrolysis) is 1. The maximum absolute atomic E-state index is 12.3. The van der Waals surface area contributed by atoms with E-state index in [-0.39, 0.29) is 6.54 Å². The Hall–Kier alpha value is -2.90. The lowest BCUT2D eigenvalue weighted by Gasteiger charge is -2.28. The number of primary amides is 1. The Balaban J connectivity index is 2.04. The number of benzene rings is 2. The number of ether oxygens (including phenoxy) is 1. The second kappa shape index (κ2) is 11.5. The molecule has 3 atom stereocenters. The zero-order valence-electron chi connectivity index (χ0n) is 18.4. The highest BCUT2D eigenvalue weighted by atomic mass is 16.6. The van der Waals surface area contributed by atoms with Gasteiger partial charge in [-0.1, -0.05) is 60.7 Å². The number of carbonyl (C=O) groups is 2. The molecule has 7 heteroatoms. The highest BCUT2D eigenvalue weighted by molar-refractivity contribution is 5.80. The summed E-state index contributed by atoms with van der Waals surface area (Å²) in [7, 11) is 0. The lowest BCUT2D eigenvalue weighted by molar-refractivity contribution is -0.120. The zero-order valence-corrected chi connectivity index (χ0v) is 18.4. The second-order valence-corrected chi connectivity index (χ2v) is 8.56. The quantitative estimate of drug-likeness (QED) is 0.464. The van der Waals surface area contributed by atoms with E-state index in [4.69, 9.17) is 10.5 Å². The molecule has 0 unspecified atom stereocenters. The minimum atomic E-state index is -0.967. The van der Waals surface area contributed by atoms with E-state index in [1.807, 2.05) is 60.7 Å². The summed E-state index contributed by atoms with van der Waals surface area (Å²) in [6, 6.07) is 17.8. The van der Waals surface area contributed by atoms with Gasteiger partial charge in [-0.2, -0.15) is 0 Å². The van der Waals surface area contributed by atoms with Gasteiger partial charge in [0.25, 0.3) is 0 Å². The van der Waals surface area contributed by atoms with Crippen LogP contribution in [0, 0.1) is 0 Å². The number of aliphatic hydroxyl groups is 1. The van der Waals surface area contributed by atoms with Crippen LogP contribution in [-0.4, -0.2) is 47.4 Å². The molecule has 168 valence electrons. The van der Waals surface area contributed by atoms with Crippen molar-refractivity contribution in [2.24, 2.45) is 5.73 Å². The van der Waals surface area contributed by atoms with Crippen LogP contribution in [-0.2, 0) is 22.4 Å². The second-order valence-electron chi connectivity index (χ2n) is 8.56. The van der Waals surface area contributed by atoms with Crippen LogP contribution in [0.25, 0.3) is 0 Å². The first-order valence-corrected chi connectivity index (χ1v) is 10.4. The van der Waals surface area contributed by atoms with Crippen LogP contribution in [0.2, 0.25) is 0 Å². The van der Waals surface area contributed by atoms with Gasteiger partial charge in [0.05, 0.1) is 18.2 Å². The number of hydrogen-bond acceptors (Lipinski definition) is 5. The molecule has 0 heterocycles. The summed E-state index contributed by atoms with van der Waals surface area (Å²) < 4.78 is 5.34. The predicted octanol–water partition coefficient (Wildman–Crippen LogP) is 2.17. The minimum Gasteiger partial charge on any atom is -0.444 e. The third-order valence-electron chi connectivity index (χ3n) is 4.66. The SMILES string of the molecule is CC(C)(C)OC(=O)N[C@@H](Cc1ccccc1)[C@@H](O)CN[C@H](Cc1ccccc1)C(N)=O. The molecule has 7 nitrogen and oxygen atoms in total. The number of amides is 2. The Kier molecular flexibility index (Phi) is 9.03. The fourth-order valence-electron chi connectivity index (χ4n) is 3.14. The van der Waals surface area contributed by atoms with Crippen molar-refractivity contribution in [3.8, 4) is 0 Å². The molecule has 0 spiro atoms. The van der Waals surface area contributed by atoms with Gasteiger partial charge in [0.2, 0.25) is 5.91 Å². The van der Waals surface area contributed by atoms with Gasteiger partial charge in [0.1, 0.15) is 5.60 Å². The molecule has 2 aromatic rings. The maximum Gasteiger partial charge on any atom is 0.407 e. The Bertz CT molecular complexity index is 822. The molecule has 0 aliphatic rings. The van der Waals surface area contributed by atoms with Gasteiger partial charge in [0, 0.05) is 6.54 Å². The summed E-state index contributed by atoms with van der Waals surface area (Å²) >= 11 is 0. The van der Waals surface area contributed by atoms with Gasteiger partial charge in [-0.05, 0) is 44.7 Å². The first-order chi connectivity index (χ1) is 14.6. The molecule has 0 aliphatic heterocycles. The maximum atomic E-state index is 12.3. The number of nitrogens with two attached hydrogens (primary N) is 1. The van der Waals surface area contributed by atoms with E-state index >= 15 is 0 Å². The number of aliphatic hydroxyl groups excluding tert-OH is 1. The summed E-state index contributed by atoms with van der Waals surface area (Å²) in [6.45, 7) is 5.40. The van der Waals surface area contributed by atoms with E-state index in [1.165, 1.54) is 0 Å². The number of rotatable bonds is 10. The van der Waals surface area contributed by atoms with Crippen LogP contribution in [0.4, 0.5) is 4.79 Å². The molecule has 0 saturated heterocycles. The monoisotopic (exact) mass is 427 g/mol. The Morgan fingerprint density at radius 3 is 1.97 bits per heavy atom. The van der Waals surface area contributed by atoms with Crippen molar-refractivity contribution in [3.63, 3.8) is 0 Å². The van der Waals surface area contributed by atoms with Gasteiger partial charge in [0.15, 0.2) is 0 Å². The largest absolute Gasteiger partial charge is 0.444 e. The van der Waals surface area contributed by atoms with E-state index in [0.29, 0.717) is 12.8 Å². The van der Waals surface area contributed by atoms with E-state index < -0.39 is 35.8 Å². The third kappa shape index (κ3) is 9.19. The van der Waals surface area contributed by atoms with E-state index in [9.17, 15) is 14.7 Å². The van der Waals surface area contributed by atoms with E-state index in [1.54, 1.807) is 20.8 Å². The smallest absolute Gasteiger partial charge is 0.407 e. The highest BCUT2D eigenvalue weighted by Gasteiger charge is 2.26. The van der Waals surface area contributed by atoms with Crippen molar-refractivity contribution in [2.75, 3.05) is 6.54 Å². The van der Waals surface area contributed by atoms with Crippen LogP contribution in [0.15, 0.2) is 60.7 Å². The third-order valence-corrected chi connectivity index (χ3v) is 4.66. The van der Waals surface area contributed by atoms with Gasteiger partial charge < -0.3 is 26.2 Å². The molecule has 2 rings (SSSR count). The van der Waals surface area contributed by atoms with Crippen molar-refractivity contribution >= 4 is 12.0 Å². The molecule has 0 saturated carbocycles. The average molecular weight is 428 g/mol. The summed E-state index contributed by atoms with van der Waals surface area (Å²) in [5.41, 5.74) is 6.81. The molecule has 0 aliphatic carbocycles. The van der Waals surface area contributed by atoms with Crippen molar-refractivity contribution < 1.29 is 19.4 Å². The fraction of sp³-hybridized carbons (Fsp3) is 0.417. The van der Waals surface area contributed by atoms with E-state index in [0.717, 1.165) is 11.1 Å². The standard InChI is InChI=1S/C24H33N3O4/c1-24(2,3)31-23(30)27-19(14-17-10-6-4-7-11-17)21(28)16-26-20(22(25)29)15-18-12-8-5-9-13-18/h4-13,19-21,26,28H,14-16H2,1-3H3,(H2,25,29)(H,27,30)/t19-,20+,21-/m0/s1. The molecule has 5 N–H and O–H groups in total. The van der Waals surface area contributed by atoms with Crippen LogP contribution < -0.4 is 16.4 Å². The topological polar surface area (TPSA) is 114 Å². The van der Waals surface area contributed by atoms with Crippen molar-refractivity contribution in [2.45, 2.75) is 57.4 Å².